The third-order valence-electron chi connectivity index (χ3n) is 6.10. The molecule has 0 saturated carbocycles. The zero-order chi connectivity index (χ0) is 17.3. The molecule has 3 saturated heterocycles. The molecule has 2 aromatic rings. The van der Waals surface area contributed by atoms with E-state index < -0.39 is 0 Å². The first-order valence-corrected chi connectivity index (χ1v) is 9.77. The van der Waals surface area contributed by atoms with Gasteiger partial charge in [0.25, 0.3) is 0 Å². The lowest BCUT2D eigenvalue weighted by molar-refractivity contribution is 0.0788. The lowest BCUT2D eigenvalue weighted by Crippen LogP contribution is -2.28. The number of hydrogen-bond donors (Lipinski definition) is 0. The maximum absolute atomic E-state index is 5.97. The molecule has 2 unspecified atom stereocenters. The molecule has 26 heavy (non-hydrogen) atoms. The summed E-state index contributed by atoms with van der Waals surface area (Å²) >= 11 is 0. The molecule has 0 amide bonds. The summed E-state index contributed by atoms with van der Waals surface area (Å²) in [5.74, 6) is 3.44. The van der Waals surface area contributed by atoms with Crippen molar-refractivity contribution >= 4 is 5.69 Å². The quantitative estimate of drug-likeness (QED) is 0.841. The van der Waals surface area contributed by atoms with Gasteiger partial charge in [-0.2, -0.15) is 0 Å². The van der Waals surface area contributed by atoms with Crippen molar-refractivity contribution in [2.75, 3.05) is 44.3 Å². The summed E-state index contributed by atoms with van der Waals surface area (Å²) in [5.41, 5.74) is 1.35. The Kier molecular flexibility index (Phi) is 4.38. The second kappa shape index (κ2) is 7.00. The van der Waals surface area contributed by atoms with Crippen LogP contribution in [0.3, 0.4) is 0 Å². The largest absolute Gasteiger partial charge is 0.424 e. The number of hydrogen-bond acceptors (Lipinski definition) is 6. The average Bonchev–Trinajstić information content (AvgIpc) is 3.38. The Balaban J connectivity index is 1.17. The molecular formula is C20H26N4O2. The first kappa shape index (κ1) is 16.3. The molecule has 3 aliphatic heterocycles. The van der Waals surface area contributed by atoms with E-state index in [0.717, 1.165) is 82.4 Å². The van der Waals surface area contributed by atoms with Crippen LogP contribution in [-0.4, -0.2) is 54.5 Å². The third-order valence-corrected chi connectivity index (χ3v) is 6.10. The summed E-state index contributed by atoms with van der Waals surface area (Å²) in [5, 5.41) is 8.60. The fraction of sp³-hybridized carbons (Fsp3) is 0.600. The highest BCUT2D eigenvalue weighted by atomic mass is 16.5. The van der Waals surface area contributed by atoms with Gasteiger partial charge in [0, 0.05) is 51.0 Å². The molecule has 3 fully saturated rings. The van der Waals surface area contributed by atoms with Crippen LogP contribution < -0.4 is 4.90 Å². The standard InChI is InChI=1S/C20H26N4O2/c1-2-4-18(5-3-1)24-12-16-10-23(11-17(16)13-24)14-19-21-22-20(26-19)15-6-8-25-9-7-15/h1-5,15-17H,6-14H2. The van der Waals surface area contributed by atoms with Crippen LogP contribution in [0.15, 0.2) is 34.7 Å². The van der Waals surface area contributed by atoms with Crippen LogP contribution in [0.25, 0.3) is 0 Å². The minimum atomic E-state index is 0.377. The van der Waals surface area contributed by atoms with Crippen molar-refractivity contribution in [3.63, 3.8) is 0 Å². The van der Waals surface area contributed by atoms with E-state index in [1.165, 1.54) is 5.69 Å². The number of aromatic nitrogens is 2. The molecule has 1 aromatic carbocycles. The Morgan fingerprint density at radius 2 is 1.65 bits per heavy atom. The Morgan fingerprint density at radius 3 is 2.38 bits per heavy atom. The second-order valence-corrected chi connectivity index (χ2v) is 7.88. The van der Waals surface area contributed by atoms with Gasteiger partial charge in [-0.15, -0.1) is 10.2 Å². The van der Waals surface area contributed by atoms with Gasteiger partial charge in [-0.1, -0.05) is 18.2 Å². The number of anilines is 1. The lowest BCUT2D eigenvalue weighted by Gasteiger charge is -2.22. The van der Waals surface area contributed by atoms with Gasteiger partial charge >= 0.3 is 0 Å². The highest BCUT2D eigenvalue weighted by Crippen LogP contribution is 2.34. The molecule has 3 aliphatic rings. The number of para-hydroxylation sites is 1. The van der Waals surface area contributed by atoms with E-state index in [2.05, 4.69) is 50.3 Å². The molecular weight excluding hydrogens is 328 g/mol. The van der Waals surface area contributed by atoms with Crippen molar-refractivity contribution in [1.82, 2.24) is 15.1 Å². The van der Waals surface area contributed by atoms with E-state index in [9.17, 15) is 0 Å². The van der Waals surface area contributed by atoms with Crippen molar-refractivity contribution in [2.24, 2.45) is 11.8 Å². The predicted molar refractivity (Wildman–Crippen MR) is 98.0 cm³/mol. The summed E-state index contributed by atoms with van der Waals surface area (Å²) < 4.78 is 11.4. The highest BCUT2D eigenvalue weighted by molar-refractivity contribution is 5.47. The van der Waals surface area contributed by atoms with E-state index >= 15 is 0 Å². The van der Waals surface area contributed by atoms with E-state index in [1.54, 1.807) is 0 Å². The van der Waals surface area contributed by atoms with Crippen LogP contribution in [0.2, 0.25) is 0 Å². The molecule has 0 N–H and O–H groups in total. The zero-order valence-electron chi connectivity index (χ0n) is 15.1. The third kappa shape index (κ3) is 3.23. The molecule has 0 aliphatic carbocycles. The van der Waals surface area contributed by atoms with E-state index in [1.807, 2.05) is 0 Å². The molecule has 0 bridgehead atoms. The maximum Gasteiger partial charge on any atom is 0.230 e. The van der Waals surface area contributed by atoms with Crippen molar-refractivity contribution in [1.29, 1.82) is 0 Å². The molecule has 4 heterocycles. The first-order valence-electron chi connectivity index (χ1n) is 9.77. The molecule has 0 radical (unpaired) electrons. The van der Waals surface area contributed by atoms with Crippen molar-refractivity contribution in [3.8, 4) is 0 Å². The maximum atomic E-state index is 5.97. The van der Waals surface area contributed by atoms with Crippen LogP contribution in [0.1, 0.15) is 30.5 Å². The zero-order valence-corrected chi connectivity index (χ0v) is 15.1. The Morgan fingerprint density at radius 1 is 0.923 bits per heavy atom. The van der Waals surface area contributed by atoms with Crippen LogP contribution >= 0.6 is 0 Å². The number of ether oxygens (including phenoxy) is 1. The van der Waals surface area contributed by atoms with Gasteiger partial charge < -0.3 is 14.1 Å². The molecule has 1 aromatic heterocycles. The van der Waals surface area contributed by atoms with Gasteiger partial charge in [-0.05, 0) is 36.8 Å². The van der Waals surface area contributed by atoms with Crippen LogP contribution in [0.4, 0.5) is 5.69 Å². The van der Waals surface area contributed by atoms with Gasteiger partial charge in [0.15, 0.2) is 0 Å². The van der Waals surface area contributed by atoms with E-state index in [-0.39, 0.29) is 0 Å². The lowest BCUT2D eigenvalue weighted by atomic mass is 10.0. The Bertz CT molecular complexity index is 714. The van der Waals surface area contributed by atoms with E-state index in [4.69, 9.17) is 9.15 Å². The molecule has 6 nitrogen and oxygen atoms in total. The van der Waals surface area contributed by atoms with Gasteiger partial charge in [-0.3, -0.25) is 4.90 Å². The fourth-order valence-electron chi connectivity index (χ4n) is 4.70. The minimum absolute atomic E-state index is 0.377. The molecule has 0 spiro atoms. The summed E-state index contributed by atoms with van der Waals surface area (Å²) in [4.78, 5) is 5.02. The fourth-order valence-corrected chi connectivity index (χ4v) is 4.70. The van der Waals surface area contributed by atoms with Gasteiger partial charge in [0.05, 0.1) is 6.54 Å². The average molecular weight is 354 g/mol. The van der Waals surface area contributed by atoms with Crippen LogP contribution in [-0.2, 0) is 11.3 Å². The molecule has 2 atom stereocenters. The van der Waals surface area contributed by atoms with E-state index in [0.29, 0.717) is 5.92 Å². The smallest absolute Gasteiger partial charge is 0.230 e. The monoisotopic (exact) mass is 354 g/mol. The van der Waals surface area contributed by atoms with Crippen molar-refractivity contribution < 1.29 is 9.15 Å². The molecule has 6 heteroatoms. The Labute approximate surface area is 154 Å². The number of fused-ring (bicyclic) bond motifs is 1. The highest BCUT2D eigenvalue weighted by Gasteiger charge is 2.40. The first-order chi connectivity index (χ1) is 12.8. The summed E-state index contributed by atoms with van der Waals surface area (Å²) in [7, 11) is 0. The van der Waals surface area contributed by atoms with Crippen LogP contribution in [0.5, 0.6) is 0 Å². The summed E-state index contributed by atoms with van der Waals surface area (Å²) in [6, 6.07) is 10.8. The normalized spacial score (nSPS) is 27.2. The topological polar surface area (TPSA) is 54.6 Å². The molecule has 138 valence electrons. The van der Waals surface area contributed by atoms with Crippen molar-refractivity contribution in [2.45, 2.75) is 25.3 Å². The van der Waals surface area contributed by atoms with Gasteiger partial charge in [0.2, 0.25) is 11.8 Å². The molecule has 5 rings (SSSR count). The SMILES string of the molecule is c1ccc(N2CC3CN(Cc4nnc(C5CCOCC5)o4)CC3C2)cc1. The van der Waals surface area contributed by atoms with Crippen molar-refractivity contribution in [3.05, 3.63) is 42.1 Å². The van der Waals surface area contributed by atoms with Gasteiger partial charge in [0.1, 0.15) is 0 Å². The summed E-state index contributed by atoms with van der Waals surface area (Å²) in [6.45, 7) is 6.96. The van der Waals surface area contributed by atoms with Gasteiger partial charge in [-0.25, -0.2) is 0 Å². The number of benzene rings is 1. The summed E-state index contributed by atoms with van der Waals surface area (Å²) in [6.07, 6.45) is 1.98. The second-order valence-electron chi connectivity index (χ2n) is 7.88. The Hall–Kier alpha value is -1.92. The number of likely N-dealkylation sites (tertiary alicyclic amines) is 1. The number of nitrogens with zero attached hydrogens (tertiary/aromatic N) is 4. The van der Waals surface area contributed by atoms with Crippen LogP contribution in [0, 0.1) is 11.8 Å². The minimum Gasteiger partial charge on any atom is -0.424 e. The number of rotatable bonds is 4. The predicted octanol–water partition coefficient (Wildman–Crippen LogP) is 2.53.